The topological polar surface area (TPSA) is 75.3 Å². The van der Waals surface area contributed by atoms with Gasteiger partial charge in [-0.2, -0.15) is 4.98 Å². The Morgan fingerprint density at radius 2 is 1.91 bits per heavy atom. The summed E-state index contributed by atoms with van der Waals surface area (Å²) in [5, 5.41) is 0. The van der Waals surface area contributed by atoms with Gasteiger partial charge in [0.2, 0.25) is 11.9 Å². The number of carbonyl (C=O) groups is 1. The lowest BCUT2D eigenvalue weighted by Gasteiger charge is -2.27. The van der Waals surface area contributed by atoms with Crippen LogP contribution in [0.1, 0.15) is 43.4 Å². The van der Waals surface area contributed by atoms with Gasteiger partial charge in [0.05, 0.1) is 11.7 Å². The van der Waals surface area contributed by atoms with Gasteiger partial charge in [0.15, 0.2) is 0 Å². The van der Waals surface area contributed by atoms with Crippen molar-refractivity contribution in [2.24, 2.45) is 0 Å². The lowest BCUT2D eigenvalue weighted by molar-refractivity contribution is -0.129. The van der Waals surface area contributed by atoms with Crippen LogP contribution in [-0.4, -0.2) is 46.5 Å². The maximum atomic E-state index is 12.0. The van der Waals surface area contributed by atoms with Crippen molar-refractivity contribution in [3.05, 3.63) is 11.3 Å². The van der Waals surface area contributed by atoms with Crippen molar-refractivity contribution in [2.45, 2.75) is 51.0 Å². The van der Waals surface area contributed by atoms with Crippen LogP contribution < -0.4 is 10.6 Å². The minimum Gasteiger partial charge on any atom is -0.368 e. The average molecular weight is 301 g/mol. The summed E-state index contributed by atoms with van der Waals surface area (Å²) in [4.78, 5) is 25.3. The zero-order valence-electron chi connectivity index (χ0n) is 12.9. The van der Waals surface area contributed by atoms with Crippen LogP contribution >= 0.6 is 0 Å². The van der Waals surface area contributed by atoms with Gasteiger partial charge in [-0.05, 0) is 38.5 Å². The molecule has 2 fully saturated rings. The average Bonchev–Trinajstić information content (AvgIpc) is 3.14. The van der Waals surface area contributed by atoms with E-state index in [2.05, 4.69) is 19.8 Å². The van der Waals surface area contributed by atoms with Crippen molar-refractivity contribution < 1.29 is 4.79 Å². The van der Waals surface area contributed by atoms with Crippen LogP contribution in [0.2, 0.25) is 0 Å². The molecule has 1 aliphatic carbocycles. The smallest absolute Gasteiger partial charge is 0.222 e. The molecule has 4 rings (SSSR count). The van der Waals surface area contributed by atoms with E-state index in [1.54, 1.807) is 0 Å². The van der Waals surface area contributed by atoms with Crippen molar-refractivity contribution in [1.82, 2.24) is 14.9 Å². The summed E-state index contributed by atoms with van der Waals surface area (Å²) in [5.74, 6) is 1.73. The summed E-state index contributed by atoms with van der Waals surface area (Å²) in [6.45, 7) is 2.76. The molecule has 6 nitrogen and oxygen atoms in total. The Hall–Kier alpha value is -1.85. The summed E-state index contributed by atoms with van der Waals surface area (Å²) < 4.78 is 0. The Balaban J connectivity index is 1.58. The number of hydrogen-bond donors (Lipinski definition) is 1. The summed E-state index contributed by atoms with van der Waals surface area (Å²) in [7, 11) is 0. The Morgan fingerprint density at radius 3 is 2.73 bits per heavy atom. The van der Waals surface area contributed by atoms with Gasteiger partial charge in [0.1, 0.15) is 5.82 Å². The minimum atomic E-state index is 0.316. The predicted octanol–water partition coefficient (Wildman–Crippen LogP) is 1.14. The van der Waals surface area contributed by atoms with Gasteiger partial charge in [0, 0.05) is 31.6 Å². The fraction of sp³-hybridized carbons (Fsp3) is 0.688. The van der Waals surface area contributed by atoms with E-state index in [0.29, 0.717) is 24.3 Å². The molecule has 2 N–H and O–H groups in total. The molecule has 1 amide bonds. The number of likely N-dealkylation sites (tertiary alicyclic amines) is 1. The van der Waals surface area contributed by atoms with Crippen LogP contribution in [-0.2, 0) is 17.6 Å². The van der Waals surface area contributed by atoms with E-state index in [1.165, 1.54) is 18.4 Å². The molecule has 6 heteroatoms. The monoisotopic (exact) mass is 301 g/mol. The molecular formula is C16H23N5O. The number of nitrogen functional groups attached to an aromatic ring is 1. The highest BCUT2D eigenvalue weighted by molar-refractivity contribution is 5.78. The molecule has 1 atom stereocenters. The summed E-state index contributed by atoms with van der Waals surface area (Å²) in [5.41, 5.74) is 8.34. The molecule has 22 heavy (non-hydrogen) atoms. The first-order valence-corrected chi connectivity index (χ1v) is 8.42. The Kier molecular flexibility index (Phi) is 3.39. The molecule has 0 bridgehead atoms. The minimum absolute atomic E-state index is 0.316. The first-order valence-electron chi connectivity index (χ1n) is 8.42. The third-order valence-corrected chi connectivity index (χ3v) is 5.19. The molecular weight excluding hydrogens is 278 g/mol. The maximum Gasteiger partial charge on any atom is 0.222 e. The first-order chi connectivity index (χ1) is 10.7. The fourth-order valence-electron chi connectivity index (χ4n) is 4.10. The van der Waals surface area contributed by atoms with Crippen molar-refractivity contribution in [3.8, 4) is 0 Å². The van der Waals surface area contributed by atoms with E-state index in [9.17, 15) is 4.79 Å². The number of aryl methyl sites for hydroxylation is 1. The number of aromatic nitrogens is 2. The fourth-order valence-corrected chi connectivity index (χ4v) is 4.10. The molecule has 0 spiro atoms. The molecule has 0 saturated carbocycles. The van der Waals surface area contributed by atoms with E-state index in [1.807, 2.05) is 0 Å². The molecule has 3 aliphatic rings. The molecule has 3 heterocycles. The number of nitrogens with zero attached hydrogens (tertiary/aromatic N) is 4. The molecule has 0 aromatic carbocycles. The zero-order valence-corrected chi connectivity index (χ0v) is 12.9. The van der Waals surface area contributed by atoms with Crippen LogP contribution in [0.4, 0.5) is 11.8 Å². The van der Waals surface area contributed by atoms with Gasteiger partial charge in [0.25, 0.3) is 0 Å². The van der Waals surface area contributed by atoms with E-state index < -0.39 is 0 Å². The van der Waals surface area contributed by atoms with Gasteiger partial charge in [-0.15, -0.1) is 0 Å². The molecule has 1 aromatic rings. The lowest BCUT2D eigenvalue weighted by Crippen LogP contribution is -2.38. The van der Waals surface area contributed by atoms with Gasteiger partial charge in [-0.1, -0.05) is 0 Å². The van der Waals surface area contributed by atoms with Crippen LogP contribution in [0.15, 0.2) is 0 Å². The third-order valence-electron chi connectivity index (χ3n) is 5.19. The molecule has 2 aliphatic heterocycles. The van der Waals surface area contributed by atoms with Gasteiger partial charge in [-0.25, -0.2) is 4.98 Å². The summed E-state index contributed by atoms with van der Waals surface area (Å²) >= 11 is 0. The second kappa shape index (κ2) is 5.41. The Bertz CT molecular complexity index is 602. The molecule has 118 valence electrons. The van der Waals surface area contributed by atoms with E-state index in [-0.39, 0.29) is 0 Å². The van der Waals surface area contributed by atoms with E-state index in [0.717, 1.165) is 56.8 Å². The lowest BCUT2D eigenvalue weighted by atomic mass is 9.96. The third kappa shape index (κ3) is 2.30. The van der Waals surface area contributed by atoms with Crippen LogP contribution in [0.25, 0.3) is 0 Å². The van der Waals surface area contributed by atoms with Crippen LogP contribution in [0, 0.1) is 0 Å². The van der Waals surface area contributed by atoms with Crippen LogP contribution in [0.3, 0.4) is 0 Å². The van der Waals surface area contributed by atoms with Crippen molar-refractivity contribution in [2.75, 3.05) is 30.3 Å². The number of anilines is 2. The molecule has 2 saturated heterocycles. The van der Waals surface area contributed by atoms with E-state index in [4.69, 9.17) is 5.73 Å². The highest BCUT2D eigenvalue weighted by Gasteiger charge is 2.34. The van der Waals surface area contributed by atoms with Gasteiger partial charge in [-0.3, -0.25) is 4.79 Å². The van der Waals surface area contributed by atoms with Gasteiger partial charge < -0.3 is 15.5 Å². The molecule has 1 unspecified atom stereocenters. The second-order valence-electron chi connectivity index (χ2n) is 6.62. The second-order valence-corrected chi connectivity index (χ2v) is 6.62. The summed E-state index contributed by atoms with van der Waals surface area (Å²) in [6.07, 6.45) is 7.20. The first kappa shape index (κ1) is 13.8. The maximum absolute atomic E-state index is 12.0. The number of nitrogens with two attached hydrogens (primary N) is 1. The zero-order chi connectivity index (χ0) is 15.1. The number of carbonyl (C=O) groups excluding carboxylic acids is 1. The standard InChI is InChI=1S/C16H23N5O/c17-16-18-13-5-2-1-4-12(13)15(19-16)20-9-7-11(10-20)21-8-3-6-14(21)22/h11H,1-10H2,(H2,17,18,19). The normalized spacial score (nSPS) is 24.9. The molecule has 0 radical (unpaired) electrons. The van der Waals surface area contributed by atoms with E-state index >= 15 is 0 Å². The number of hydrogen-bond acceptors (Lipinski definition) is 5. The highest BCUT2D eigenvalue weighted by atomic mass is 16.2. The Labute approximate surface area is 130 Å². The van der Waals surface area contributed by atoms with Crippen molar-refractivity contribution >= 4 is 17.7 Å². The SMILES string of the molecule is Nc1nc2c(c(N3CCC(N4CCCC4=O)C3)n1)CCCC2. The molecule has 1 aromatic heterocycles. The number of rotatable bonds is 2. The number of fused-ring (bicyclic) bond motifs is 1. The van der Waals surface area contributed by atoms with Crippen molar-refractivity contribution in [1.29, 1.82) is 0 Å². The van der Waals surface area contributed by atoms with Crippen LogP contribution in [0.5, 0.6) is 0 Å². The Morgan fingerprint density at radius 1 is 1.05 bits per heavy atom. The van der Waals surface area contributed by atoms with Gasteiger partial charge >= 0.3 is 0 Å². The number of amides is 1. The quantitative estimate of drug-likeness (QED) is 0.886. The highest BCUT2D eigenvalue weighted by Crippen LogP contribution is 2.32. The van der Waals surface area contributed by atoms with Crippen molar-refractivity contribution in [3.63, 3.8) is 0 Å². The predicted molar refractivity (Wildman–Crippen MR) is 84.7 cm³/mol. The summed E-state index contributed by atoms with van der Waals surface area (Å²) in [6, 6.07) is 0.338. The largest absolute Gasteiger partial charge is 0.368 e.